The van der Waals surface area contributed by atoms with E-state index < -0.39 is 0 Å². The second kappa shape index (κ2) is 8.97. The predicted molar refractivity (Wildman–Crippen MR) is 107 cm³/mol. The van der Waals surface area contributed by atoms with E-state index in [-0.39, 0.29) is 18.0 Å². The first kappa shape index (κ1) is 17.9. The zero-order valence-corrected chi connectivity index (χ0v) is 15.2. The molecule has 26 heavy (non-hydrogen) atoms. The Morgan fingerprint density at radius 1 is 0.808 bits per heavy atom. The van der Waals surface area contributed by atoms with Gasteiger partial charge in [0, 0.05) is 28.8 Å². The highest BCUT2D eigenvalue weighted by molar-refractivity contribution is 7.09. The van der Waals surface area contributed by atoms with Gasteiger partial charge in [-0.15, -0.1) is 11.3 Å². The van der Waals surface area contributed by atoms with E-state index in [2.05, 4.69) is 0 Å². The maximum atomic E-state index is 12.7. The summed E-state index contributed by atoms with van der Waals surface area (Å²) in [7, 11) is 0. The average molecular weight is 360 g/mol. The molecule has 1 heterocycles. The number of benzene rings is 2. The predicted octanol–water partition coefficient (Wildman–Crippen LogP) is 5.59. The van der Waals surface area contributed by atoms with Crippen molar-refractivity contribution < 1.29 is 9.90 Å². The quantitative estimate of drug-likeness (QED) is 0.602. The average Bonchev–Trinajstić information content (AvgIpc) is 2.76. The number of aromatic hydroxyl groups is 1. The van der Waals surface area contributed by atoms with Crippen LogP contribution in [0.3, 0.4) is 0 Å². The number of rotatable bonds is 5. The molecule has 2 nitrogen and oxygen atoms in total. The summed E-state index contributed by atoms with van der Waals surface area (Å²) in [5, 5.41) is 12.6. The number of ketones is 1. The largest absolute Gasteiger partial charge is 0.508 e. The van der Waals surface area contributed by atoms with Crippen molar-refractivity contribution >= 4 is 17.1 Å². The van der Waals surface area contributed by atoms with Crippen molar-refractivity contribution in [2.24, 2.45) is 0 Å². The maximum absolute atomic E-state index is 12.7. The van der Waals surface area contributed by atoms with Gasteiger partial charge in [0.25, 0.3) is 0 Å². The van der Waals surface area contributed by atoms with Crippen LogP contribution < -0.4 is 0 Å². The molecule has 1 aromatic heterocycles. The third-order valence-corrected chi connectivity index (χ3v) is 5.02. The summed E-state index contributed by atoms with van der Waals surface area (Å²) in [6, 6.07) is 26.5. The van der Waals surface area contributed by atoms with Gasteiger partial charge in [-0.2, -0.15) is 0 Å². The van der Waals surface area contributed by atoms with E-state index in [0.29, 0.717) is 12.0 Å². The maximum Gasteiger partial charge on any atom is 0.168 e. The molecule has 0 fully saturated rings. The molecule has 130 valence electrons. The zero-order chi connectivity index (χ0) is 18.2. The molecule has 0 bridgehead atoms. The molecule has 2 aromatic carbocycles. The first-order chi connectivity index (χ1) is 12.7. The molecule has 0 spiro atoms. The van der Waals surface area contributed by atoms with Gasteiger partial charge in [-0.1, -0.05) is 78.9 Å². The van der Waals surface area contributed by atoms with Crippen LogP contribution in [0.15, 0.2) is 90.3 Å². The van der Waals surface area contributed by atoms with E-state index >= 15 is 0 Å². The van der Waals surface area contributed by atoms with E-state index in [1.54, 1.807) is 12.1 Å². The normalized spacial score (nSPS) is 10.2. The van der Waals surface area contributed by atoms with Crippen molar-refractivity contribution in [1.29, 1.82) is 0 Å². The highest BCUT2D eigenvalue weighted by Gasteiger charge is 2.13. The number of hydrogen-bond donors (Lipinski definition) is 1. The number of carbonyl (C=O) groups excluding carboxylic acids is 1. The van der Waals surface area contributed by atoms with Gasteiger partial charge in [-0.05, 0) is 17.0 Å². The molecule has 0 atom stereocenters. The molecular weight excluding hydrogens is 340 g/mol. The Bertz CT molecular complexity index is 913. The fourth-order valence-electron chi connectivity index (χ4n) is 2.70. The molecule has 3 rings (SSSR count). The zero-order valence-electron chi connectivity index (χ0n) is 14.3. The Hall–Kier alpha value is -2.91. The van der Waals surface area contributed by atoms with Crippen LogP contribution >= 0.6 is 11.3 Å². The van der Waals surface area contributed by atoms with Crippen LogP contribution in [0.2, 0.25) is 0 Å². The van der Waals surface area contributed by atoms with Crippen LogP contribution in [0.1, 0.15) is 26.4 Å². The molecule has 0 amide bonds. The van der Waals surface area contributed by atoms with Gasteiger partial charge in [-0.25, -0.2) is 0 Å². The van der Waals surface area contributed by atoms with Crippen LogP contribution in [0.4, 0.5) is 0 Å². The third kappa shape index (κ3) is 4.80. The minimum Gasteiger partial charge on any atom is -0.508 e. The Balaban J connectivity index is 2.03. The monoisotopic (exact) mass is 360 g/mol. The lowest BCUT2D eigenvalue weighted by Crippen LogP contribution is -2.05. The molecule has 3 aromatic rings. The van der Waals surface area contributed by atoms with Crippen molar-refractivity contribution in [2.75, 3.05) is 0 Å². The highest BCUT2D eigenvalue weighted by atomic mass is 32.1. The van der Waals surface area contributed by atoms with Gasteiger partial charge in [0.05, 0.1) is 0 Å². The molecule has 3 heteroatoms. The fraction of sp³-hybridized carbons (Fsp3) is 0.0870. The molecule has 1 N–H and O–H groups in total. The van der Waals surface area contributed by atoms with Crippen molar-refractivity contribution in [1.82, 2.24) is 0 Å². The Morgan fingerprint density at radius 2 is 1.42 bits per heavy atom. The summed E-state index contributed by atoms with van der Waals surface area (Å²) in [6.45, 7) is 0. The van der Waals surface area contributed by atoms with E-state index in [0.717, 1.165) is 16.0 Å². The van der Waals surface area contributed by atoms with Crippen LogP contribution in [-0.4, -0.2) is 10.9 Å². The molecule has 0 aliphatic rings. The van der Waals surface area contributed by atoms with E-state index in [1.807, 2.05) is 78.2 Å². The SMILES string of the molecule is O=C(Cc1scccccc(O)c1Cc1ccccc1)c1ccccc1. The lowest BCUT2D eigenvalue weighted by atomic mass is 10.0. The van der Waals surface area contributed by atoms with Crippen LogP contribution in [-0.2, 0) is 12.8 Å². The summed E-state index contributed by atoms with van der Waals surface area (Å²) < 4.78 is 0. The summed E-state index contributed by atoms with van der Waals surface area (Å²) in [4.78, 5) is 13.6. The first-order valence-corrected chi connectivity index (χ1v) is 9.35. The van der Waals surface area contributed by atoms with Gasteiger partial charge in [-0.3, -0.25) is 4.79 Å². The van der Waals surface area contributed by atoms with Crippen LogP contribution in [0.25, 0.3) is 0 Å². The minimum atomic E-state index is 0.0482. The van der Waals surface area contributed by atoms with Crippen LogP contribution in [0.5, 0.6) is 5.75 Å². The molecule has 0 aliphatic carbocycles. The molecule has 0 aliphatic heterocycles. The molecule has 0 saturated carbocycles. The summed E-state index contributed by atoms with van der Waals surface area (Å²) >= 11 is 1.49. The van der Waals surface area contributed by atoms with E-state index in [1.165, 1.54) is 11.3 Å². The lowest BCUT2D eigenvalue weighted by Gasteiger charge is -2.09. The standard InChI is InChI=1S/C23H20O2S/c24-21-14-8-3-9-15-26-23(17-22(25)19-12-6-2-7-13-19)20(21)16-18-10-4-1-5-11-18/h1-15,24H,16-17H2. The lowest BCUT2D eigenvalue weighted by molar-refractivity contribution is 0.0993. The van der Waals surface area contributed by atoms with E-state index in [9.17, 15) is 9.90 Å². The van der Waals surface area contributed by atoms with Crippen LogP contribution in [0, 0.1) is 0 Å². The van der Waals surface area contributed by atoms with Crippen molar-refractivity contribution in [3.8, 4) is 5.75 Å². The molecule has 0 radical (unpaired) electrons. The van der Waals surface area contributed by atoms with Crippen molar-refractivity contribution in [3.63, 3.8) is 0 Å². The van der Waals surface area contributed by atoms with Gasteiger partial charge < -0.3 is 5.11 Å². The topological polar surface area (TPSA) is 37.3 Å². The van der Waals surface area contributed by atoms with Gasteiger partial charge in [0.15, 0.2) is 5.78 Å². The Labute approximate surface area is 157 Å². The Morgan fingerprint density at radius 3 is 2.15 bits per heavy atom. The Kier molecular flexibility index (Phi) is 6.18. The minimum absolute atomic E-state index is 0.0482. The smallest absolute Gasteiger partial charge is 0.168 e. The van der Waals surface area contributed by atoms with Gasteiger partial charge in [0.2, 0.25) is 0 Å². The third-order valence-electron chi connectivity index (χ3n) is 4.05. The summed E-state index contributed by atoms with van der Waals surface area (Å²) in [6.07, 6.45) is 0.842. The fourth-order valence-corrected chi connectivity index (χ4v) is 3.57. The first-order valence-electron chi connectivity index (χ1n) is 8.48. The molecule has 0 saturated heterocycles. The second-order valence-electron chi connectivity index (χ2n) is 5.91. The summed E-state index contributed by atoms with van der Waals surface area (Å²) in [5.41, 5.74) is 2.58. The second-order valence-corrected chi connectivity index (χ2v) is 6.91. The molecule has 0 unspecified atom stereocenters. The molecular formula is C23H20O2S. The highest BCUT2D eigenvalue weighted by Crippen LogP contribution is 2.26. The van der Waals surface area contributed by atoms with Gasteiger partial charge >= 0.3 is 0 Å². The van der Waals surface area contributed by atoms with Gasteiger partial charge in [0.1, 0.15) is 5.75 Å². The summed E-state index contributed by atoms with van der Waals surface area (Å²) in [5.74, 6) is 0.254. The number of carbonyl (C=O) groups is 1. The number of Topliss-reactive ketones (excluding diaryl/α,β-unsaturated/α-hetero) is 1. The van der Waals surface area contributed by atoms with Crippen molar-refractivity contribution in [3.05, 3.63) is 112 Å². The van der Waals surface area contributed by atoms with Crippen molar-refractivity contribution in [2.45, 2.75) is 12.8 Å². The number of hydrogen-bond acceptors (Lipinski definition) is 3. The van der Waals surface area contributed by atoms with E-state index in [4.69, 9.17) is 0 Å².